The van der Waals surface area contributed by atoms with Gasteiger partial charge in [-0.1, -0.05) is 6.58 Å². The molecule has 0 unspecified atom stereocenters. The Morgan fingerprint density at radius 2 is 2.42 bits per heavy atom. The highest BCUT2D eigenvalue weighted by atomic mass is 32.1. The number of hydrogen-bond acceptors (Lipinski definition) is 4. The van der Waals surface area contributed by atoms with Gasteiger partial charge in [0.15, 0.2) is 5.69 Å². The minimum Gasteiger partial charge on any atom is -0.464 e. The van der Waals surface area contributed by atoms with Crippen molar-refractivity contribution in [3.63, 3.8) is 0 Å². The van der Waals surface area contributed by atoms with Crippen molar-refractivity contribution in [3.8, 4) is 0 Å². The Morgan fingerprint density at radius 1 is 1.75 bits per heavy atom. The van der Waals surface area contributed by atoms with Gasteiger partial charge in [-0.05, 0) is 12.5 Å². The first kappa shape index (κ1) is 8.93. The molecule has 0 aliphatic heterocycles. The second kappa shape index (κ2) is 3.49. The summed E-state index contributed by atoms with van der Waals surface area (Å²) < 4.78 is 4.55. The summed E-state index contributed by atoms with van der Waals surface area (Å²) in [5.74, 6) is -0.408. The van der Waals surface area contributed by atoms with Gasteiger partial charge in [0, 0.05) is 0 Å². The van der Waals surface area contributed by atoms with Gasteiger partial charge in [-0.25, -0.2) is 9.78 Å². The molecule has 0 spiro atoms. The summed E-state index contributed by atoms with van der Waals surface area (Å²) in [6, 6.07) is 0. The molecule has 12 heavy (non-hydrogen) atoms. The van der Waals surface area contributed by atoms with Gasteiger partial charge < -0.3 is 4.74 Å². The largest absolute Gasteiger partial charge is 0.464 e. The molecule has 0 amide bonds. The molecule has 0 radical (unpaired) electrons. The Bertz CT molecular complexity index is 317. The number of allylic oxidation sites excluding steroid dienone is 1. The normalized spacial score (nSPS) is 9.50. The first-order chi connectivity index (χ1) is 5.66. The number of methoxy groups -OCH3 is 1. The van der Waals surface area contributed by atoms with E-state index in [4.69, 9.17) is 0 Å². The first-order valence-corrected chi connectivity index (χ1v) is 4.22. The third-order valence-electron chi connectivity index (χ3n) is 1.33. The van der Waals surface area contributed by atoms with Crippen LogP contribution in [0.25, 0.3) is 5.57 Å². The maximum Gasteiger partial charge on any atom is 0.358 e. The van der Waals surface area contributed by atoms with Gasteiger partial charge in [0.25, 0.3) is 0 Å². The average Bonchev–Trinajstić information content (AvgIpc) is 2.50. The summed E-state index contributed by atoms with van der Waals surface area (Å²) in [5.41, 5.74) is 2.80. The van der Waals surface area contributed by atoms with Crippen LogP contribution in [0.4, 0.5) is 0 Å². The lowest BCUT2D eigenvalue weighted by Crippen LogP contribution is -2.03. The van der Waals surface area contributed by atoms with E-state index in [1.165, 1.54) is 18.4 Å². The van der Waals surface area contributed by atoms with Crippen molar-refractivity contribution >= 4 is 22.9 Å². The second-order valence-corrected chi connectivity index (χ2v) is 3.16. The SMILES string of the molecule is C=C(C)c1scnc1C(=O)OC. The number of thiazole rings is 1. The highest BCUT2D eigenvalue weighted by Gasteiger charge is 2.14. The molecule has 1 rings (SSSR count). The molecule has 1 aromatic rings. The lowest BCUT2D eigenvalue weighted by atomic mass is 10.2. The monoisotopic (exact) mass is 183 g/mol. The summed E-state index contributed by atoms with van der Waals surface area (Å²) in [6.07, 6.45) is 0. The van der Waals surface area contributed by atoms with E-state index in [1.54, 1.807) is 5.51 Å². The van der Waals surface area contributed by atoms with Gasteiger partial charge in [0.1, 0.15) is 0 Å². The average molecular weight is 183 g/mol. The number of rotatable bonds is 2. The highest BCUT2D eigenvalue weighted by Crippen LogP contribution is 2.21. The van der Waals surface area contributed by atoms with Crippen LogP contribution in [0.3, 0.4) is 0 Å². The minimum atomic E-state index is -0.408. The van der Waals surface area contributed by atoms with E-state index in [0.717, 1.165) is 10.5 Å². The summed E-state index contributed by atoms with van der Waals surface area (Å²) in [4.78, 5) is 15.8. The molecular formula is C8H9NO2S. The molecule has 4 heteroatoms. The Balaban J connectivity index is 3.07. The number of carbonyl (C=O) groups is 1. The molecule has 1 aromatic heterocycles. The minimum absolute atomic E-state index is 0.356. The first-order valence-electron chi connectivity index (χ1n) is 3.34. The zero-order valence-corrected chi connectivity index (χ0v) is 7.77. The van der Waals surface area contributed by atoms with Crippen molar-refractivity contribution in [1.82, 2.24) is 4.98 Å². The topological polar surface area (TPSA) is 39.2 Å². The van der Waals surface area contributed by atoms with Gasteiger partial charge in [0.05, 0.1) is 17.5 Å². The van der Waals surface area contributed by atoms with E-state index < -0.39 is 5.97 Å². The van der Waals surface area contributed by atoms with E-state index in [0.29, 0.717) is 5.69 Å². The predicted octanol–water partition coefficient (Wildman–Crippen LogP) is 1.96. The number of nitrogens with zero attached hydrogens (tertiary/aromatic N) is 1. The molecule has 0 fully saturated rings. The molecule has 0 aliphatic carbocycles. The second-order valence-electron chi connectivity index (χ2n) is 2.30. The van der Waals surface area contributed by atoms with E-state index in [1.807, 2.05) is 6.92 Å². The molecule has 0 saturated carbocycles. The van der Waals surface area contributed by atoms with E-state index in [9.17, 15) is 4.79 Å². The molecule has 0 saturated heterocycles. The van der Waals surface area contributed by atoms with Crippen LogP contribution in [0.5, 0.6) is 0 Å². The van der Waals surface area contributed by atoms with Crippen LogP contribution < -0.4 is 0 Å². The van der Waals surface area contributed by atoms with Gasteiger partial charge in [-0.15, -0.1) is 11.3 Å². The van der Waals surface area contributed by atoms with Crippen LogP contribution in [0, 0.1) is 0 Å². The number of ether oxygens (including phenoxy) is 1. The number of aromatic nitrogens is 1. The highest BCUT2D eigenvalue weighted by molar-refractivity contribution is 7.11. The Hall–Kier alpha value is -1.16. The zero-order chi connectivity index (χ0) is 9.14. The molecule has 0 aliphatic rings. The fraction of sp³-hybridized carbons (Fsp3) is 0.250. The van der Waals surface area contributed by atoms with Crippen molar-refractivity contribution in [3.05, 3.63) is 22.7 Å². The van der Waals surface area contributed by atoms with E-state index >= 15 is 0 Å². The summed E-state index contributed by atoms with van der Waals surface area (Å²) in [5, 5.41) is 0. The maximum atomic E-state index is 11.1. The Morgan fingerprint density at radius 3 is 2.92 bits per heavy atom. The van der Waals surface area contributed by atoms with Gasteiger partial charge in [-0.2, -0.15) is 0 Å². The van der Waals surface area contributed by atoms with Crippen LogP contribution in [0.2, 0.25) is 0 Å². The van der Waals surface area contributed by atoms with Crippen molar-refractivity contribution in [2.75, 3.05) is 7.11 Å². The molecular weight excluding hydrogens is 174 g/mol. The van der Waals surface area contributed by atoms with Crippen molar-refractivity contribution in [2.45, 2.75) is 6.92 Å². The number of hydrogen-bond donors (Lipinski definition) is 0. The molecule has 0 atom stereocenters. The van der Waals surface area contributed by atoms with Gasteiger partial charge in [0.2, 0.25) is 0 Å². The number of esters is 1. The molecule has 64 valence electrons. The van der Waals surface area contributed by atoms with Crippen LogP contribution >= 0.6 is 11.3 Å². The van der Waals surface area contributed by atoms with Gasteiger partial charge >= 0.3 is 5.97 Å². The predicted molar refractivity (Wildman–Crippen MR) is 48.2 cm³/mol. The maximum absolute atomic E-state index is 11.1. The zero-order valence-electron chi connectivity index (χ0n) is 6.96. The lowest BCUT2D eigenvalue weighted by Gasteiger charge is -1.97. The van der Waals surface area contributed by atoms with E-state index in [-0.39, 0.29) is 0 Å². The molecule has 0 bridgehead atoms. The molecule has 0 aromatic carbocycles. The molecule has 3 nitrogen and oxygen atoms in total. The molecule has 0 N–H and O–H groups in total. The standard InChI is InChI=1S/C8H9NO2S/c1-5(2)7-6(8(10)11-3)9-4-12-7/h4H,1H2,2-3H3. The smallest absolute Gasteiger partial charge is 0.358 e. The fourth-order valence-electron chi connectivity index (χ4n) is 0.791. The third-order valence-corrected chi connectivity index (χ3v) is 2.32. The summed E-state index contributed by atoms with van der Waals surface area (Å²) in [7, 11) is 1.34. The number of carbonyl (C=O) groups excluding carboxylic acids is 1. The third kappa shape index (κ3) is 1.53. The van der Waals surface area contributed by atoms with Crippen LogP contribution in [0.1, 0.15) is 22.3 Å². The van der Waals surface area contributed by atoms with Crippen LogP contribution in [-0.2, 0) is 4.74 Å². The quantitative estimate of drug-likeness (QED) is 0.658. The van der Waals surface area contributed by atoms with Gasteiger partial charge in [-0.3, -0.25) is 0 Å². The van der Waals surface area contributed by atoms with E-state index in [2.05, 4.69) is 16.3 Å². The Kier molecular flexibility index (Phi) is 2.60. The van der Waals surface area contributed by atoms with Crippen molar-refractivity contribution in [2.24, 2.45) is 0 Å². The van der Waals surface area contributed by atoms with Crippen molar-refractivity contribution < 1.29 is 9.53 Å². The van der Waals surface area contributed by atoms with Crippen LogP contribution in [-0.4, -0.2) is 18.1 Å². The molecule has 1 heterocycles. The summed E-state index contributed by atoms with van der Waals surface area (Å²) >= 11 is 1.39. The van der Waals surface area contributed by atoms with Crippen molar-refractivity contribution in [1.29, 1.82) is 0 Å². The van der Waals surface area contributed by atoms with Crippen LogP contribution in [0.15, 0.2) is 12.1 Å². The Labute approximate surface area is 74.7 Å². The fourth-order valence-corrected chi connectivity index (χ4v) is 1.50. The summed E-state index contributed by atoms with van der Waals surface area (Å²) in [6.45, 7) is 5.57. The lowest BCUT2D eigenvalue weighted by molar-refractivity contribution is 0.0594.